The largest absolute Gasteiger partial charge is 0.458 e. The number of hydrogen-bond acceptors (Lipinski definition) is 2. The van der Waals surface area contributed by atoms with E-state index in [0.29, 0.717) is 18.1 Å². The highest BCUT2D eigenvalue weighted by molar-refractivity contribution is 5.75. The molecule has 0 aliphatic heterocycles. The average molecular weight is 447 g/mol. The molecule has 2 fully saturated rings. The first-order valence-electron chi connectivity index (χ1n) is 11.4. The quantitative estimate of drug-likeness (QED) is 0.255. The summed E-state index contributed by atoms with van der Waals surface area (Å²) in [4.78, 5) is 12.5. The van der Waals surface area contributed by atoms with Gasteiger partial charge in [-0.1, -0.05) is 32.6 Å². The molecule has 2 nitrogen and oxygen atoms in total. The van der Waals surface area contributed by atoms with Gasteiger partial charge in [-0.05, 0) is 80.5 Å². The van der Waals surface area contributed by atoms with Gasteiger partial charge in [-0.2, -0.15) is 22.0 Å². The molecule has 0 spiro atoms. The molecule has 0 N–H and O–H groups in total. The molecule has 31 heavy (non-hydrogen) atoms. The van der Waals surface area contributed by atoms with Crippen LogP contribution < -0.4 is 4.74 Å². The Morgan fingerprint density at radius 1 is 0.871 bits per heavy atom. The Hall–Kier alpha value is -1.66. The Kier molecular flexibility index (Phi) is 7.63. The third-order valence-electron chi connectivity index (χ3n) is 7.15. The van der Waals surface area contributed by atoms with E-state index in [2.05, 4.69) is 6.92 Å². The number of benzene rings is 1. The van der Waals surface area contributed by atoms with Crippen molar-refractivity contribution in [2.45, 2.75) is 83.2 Å². The third-order valence-corrected chi connectivity index (χ3v) is 7.15. The van der Waals surface area contributed by atoms with Crippen molar-refractivity contribution in [2.24, 2.45) is 23.7 Å². The van der Waals surface area contributed by atoms with Gasteiger partial charge in [0.2, 0.25) is 0 Å². The van der Waals surface area contributed by atoms with Gasteiger partial charge in [0.05, 0.1) is 5.92 Å². The number of rotatable bonds is 6. The van der Waals surface area contributed by atoms with Gasteiger partial charge in [-0.15, -0.1) is 0 Å². The smallest absolute Gasteiger partial charge is 0.426 e. The van der Waals surface area contributed by atoms with Crippen molar-refractivity contribution in [2.75, 3.05) is 0 Å². The molecule has 3 rings (SSSR count). The van der Waals surface area contributed by atoms with Crippen molar-refractivity contribution in [3.8, 4) is 5.75 Å². The molecular formula is C24H31F5O2. The summed E-state index contributed by atoms with van der Waals surface area (Å²) in [6, 6.07) is 3.30. The lowest BCUT2D eigenvalue weighted by Crippen LogP contribution is -2.33. The lowest BCUT2D eigenvalue weighted by molar-refractivity contribution is -0.289. The summed E-state index contributed by atoms with van der Waals surface area (Å²) in [5, 5.41) is 0. The highest BCUT2D eigenvalue weighted by Gasteiger charge is 2.58. The van der Waals surface area contributed by atoms with Gasteiger partial charge >= 0.3 is 18.1 Å². The van der Waals surface area contributed by atoms with Crippen LogP contribution in [0.5, 0.6) is 5.75 Å². The molecule has 2 aliphatic rings. The van der Waals surface area contributed by atoms with Crippen molar-refractivity contribution in [1.82, 2.24) is 0 Å². The molecular weight excluding hydrogens is 415 g/mol. The summed E-state index contributed by atoms with van der Waals surface area (Å²) < 4.78 is 69.4. The molecule has 2 saturated carbocycles. The van der Waals surface area contributed by atoms with Crippen LogP contribution in [-0.2, 0) is 10.7 Å². The number of halogens is 5. The zero-order valence-corrected chi connectivity index (χ0v) is 17.9. The minimum Gasteiger partial charge on any atom is -0.426 e. The Balaban J connectivity index is 1.47. The molecule has 1 aromatic carbocycles. The van der Waals surface area contributed by atoms with E-state index >= 15 is 0 Å². The van der Waals surface area contributed by atoms with Crippen LogP contribution in [-0.4, -0.2) is 12.1 Å². The Morgan fingerprint density at radius 3 is 1.87 bits per heavy atom. The van der Waals surface area contributed by atoms with E-state index in [1.807, 2.05) is 0 Å². The fourth-order valence-corrected chi connectivity index (χ4v) is 5.28. The normalized spacial score (nSPS) is 27.7. The second kappa shape index (κ2) is 9.86. The van der Waals surface area contributed by atoms with Crippen LogP contribution in [0.2, 0.25) is 0 Å². The minimum absolute atomic E-state index is 0.0110. The van der Waals surface area contributed by atoms with Gasteiger partial charge in [-0.25, -0.2) is 0 Å². The highest BCUT2D eigenvalue weighted by Crippen LogP contribution is 2.45. The molecule has 0 unspecified atom stereocenters. The lowest BCUT2D eigenvalue weighted by Gasteiger charge is -2.37. The molecule has 1 aromatic rings. The third kappa shape index (κ3) is 5.78. The molecule has 174 valence electrons. The van der Waals surface area contributed by atoms with Gasteiger partial charge in [-0.3, -0.25) is 4.79 Å². The van der Waals surface area contributed by atoms with Gasteiger partial charge in [0.15, 0.2) is 0 Å². The predicted molar refractivity (Wildman–Crippen MR) is 108 cm³/mol. The van der Waals surface area contributed by atoms with Gasteiger partial charge in [0.1, 0.15) is 5.75 Å². The molecule has 0 bridgehead atoms. The van der Waals surface area contributed by atoms with Gasteiger partial charge < -0.3 is 4.74 Å². The van der Waals surface area contributed by atoms with E-state index in [4.69, 9.17) is 4.74 Å². The summed E-state index contributed by atoms with van der Waals surface area (Å²) in [6.07, 6.45) is 5.52. The molecule has 0 atom stereocenters. The molecule has 2 aliphatic carbocycles. The number of carbonyl (C=O) groups excluding carboxylic acids is 1. The monoisotopic (exact) mass is 446 g/mol. The number of hydrogen-bond donors (Lipinski definition) is 0. The van der Waals surface area contributed by atoms with E-state index in [1.165, 1.54) is 38.5 Å². The molecule has 0 aromatic heterocycles. The van der Waals surface area contributed by atoms with Crippen molar-refractivity contribution in [1.29, 1.82) is 0 Å². The van der Waals surface area contributed by atoms with Crippen LogP contribution in [0.1, 0.15) is 76.7 Å². The first-order chi connectivity index (χ1) is 14.6. The zero-order chi connectivity index (χ0) is 22.6. The average Bonchev–Trinajstić information content (AvgIpc) is 2.74. The van der Waals surface area contributed by atoms with Crippen LogP contribution in [0.25, 0.3) is 0 Å². The Bertz CT molecular complexity index is 712. The van der Waals surface area contributed by atoms with E-state index in [-0.39, 0.29) is 11.7 Å². The van der Waals surface area contributed by atoms with Crippen LogP contribution in [0.4, 0.5) is 22.0 Å². The molecule has 0 saturated heterocycles. The van der Waals surface area contributed by atoms with Crippen molar-refractivity contribution < 1.29 is 31.5 Å². The molecule has 0 radical (unpaired) electrons. The van der Waals surface area contributed by atoms with Gasteiger partial charge in [0, 0.05) is 5.56 Å². The van der Waals surface area contributed by atoms with Crippen molar-refractivity contribution in [3.05, 3.63) is 29.8 Å². The fourth-order valence-electron chi connectivity index (χ4n) is 5.28. The number of carbonyl (C=O) groups is 1. The van der Waals surface area contributed by atoms with E-state index in [9.17, 15) is 26.7 Å². The Labute approximate surface area is 180 Å². The van der Waals surface area contributed by atoms with Crippen LogP contribution >= 0.6 is 0 Å². The minimum atomic E-state index is -5.67. The maximum Gasteiger partial charge on any atom is 0.458 e. The fraction of sp³-hybridized carbons (Fsp3) is 0.708. The first-order valence-corrected chi connectivity index (χ1v) is 11.4. The van der Waals surface area contributed by atoms with Gasteiger partial charge in [0.25, 0.3) is 0 Å². The second-order valence-corrected chi connectivity index (χ2v) is 9.20. The summed E-state index contributed by atoms with van der Waals surface area (Å²) in [7, 11) is 0. The Morgan fingerprint density at radius 2 is 1.39 bits per heavy atom. The molecule has 7 heteroatoms. The summed E-state index contributed by atoms with van der Waals surface area (Å²) in [6.45, 7) is 2.23. The van der Waals surface area contributed by atoms with Crippen molar-refractivity contribution in [3.63, 3.8) is 0 Å². The number of esters is 1. The second-order valence-electron chi connectivity index (χ2n) is 9.20. The summed E-state index contributed by atoms with van der Waals surface area (Å²) in [5.74, 6) is -3.37. The van der Waals surface area contributed by atoms with E-state index in [0.717, 1.165) is 49.7 Å². The predicted octanol–water partition coefficient (Wildman–Crippen LogP) is 7.66. The first kappa shape index (κ1) is 24.0. The topological polar surface area (TPSA) is 26.3 Å². The maximum absolute atomic E-state index is 13.4. The maximum atomic E-state index is 13.4. The highest BCUT2D eigenvalue weighted by atomic mass is 19.4. The molecule has 0 amide bonds. The number of alkyl halides is 5. The standard InChI is InChI=1S/C24H31F5O2/c1-2-3-16-4-6-17(7-5-16)18-8-10-19(11-9-18)22(30)31-21-14-12-20(13-15-21)23(25,26)24(27,28)29/h12-19H,2-11H2,1H3/t16-,17-,18-,19-. The van der Waals surface area contributed by atoms with Crippen LogP contribution in [0, 0.1) is 23.7 Å². The van der Waals surface area contributed by atoms with Crippen LogP contribution in [0.3, 0.4) is 0 Å². The SMILES string of the molecule is CCC[C@H]1CC[C@H]([C@H]2CC[C@H](C(=O)Oc3ccc(C(F)(F)C(F)(F)F)cc3)CC2)CC1. The number of ether oxygens (including phenoxy) is 1. The molecule has 0 heterocycles. The van der Waals surface area contributed by atoms with Crippen LogP contribution in [0.15, 0.2) is 24.3 Å². The van der Waals surface area contributed by atoms with E-state index < -0.39 is 23.6 Å². The lowest BCUT2D eigenvalue weighted by atomic mass is 9.69. The van der Waals surface area contributed by atoms with E-state index in [1.54, 1.807) is 0 Å². The van der Waals surface area contributed by atoms with Crippen molar-refractivity contribution >= 4 is 5.97 Å². The zero-order valence-electron chi connectivity index (χ0n) is 17.9. The summed E-state index contributed by atoms with van der Waals surface area (Å²) in [5.41, 5.74) is -1.17. The summed E-state index contributed by atoms with van der Waals surface area (Å²) >= 11 is 0.